The Labute approximate surface area is 214 Å². The average Bonchev–Trinajstić information content (AvgIpc) is 3.24. The van der Waals surface area contributed by atoms with Crippen molar-refractivity contribution in [3.8, 4) is 17.6 Å². The Hall–Kier alpha value is -4.32. The van der Waals surface area contributed by atoms with Crippen molar-refractivity contribution in [3.05, 3.63) is 58.7 Å². The summed E-state index contributed by atoms with van der Waals surface area (Å²) in [5, 5.41) is 2.33. The normalized spacial score (nSPS) is 19.7. The maximum absolute atomic E-state index is 13.0. The maximum Gasteiger partial charge on any atom is 0.255 e. The van der Waals surface area contributed by atoms with Crippen LogP contribution in [0.15, 0.2) is 36.4 Å². The largest absolute Gasteiger partial charge is 0.495 e. The number of carbonyl (C=O) groups is 4. The number of rotatable bonds is 3. The van der Waals surface area contributed by atoms with Crippen molar-refractivity contribution in [1.29, 1.82) is 0 Å². The highest BCUT2D eigenvalue weighted by atomic mass is 16.5. The third-order valence-corrected chi connectivity index (χ3v) is 7.26. The van der Waals surface area contributed by atoms with Crippen LogP contribution in [-0.4, -0.2) is 59.7 Å². The van der Waals surface area contributed by atoms with Crippen molar-refractivity contribution < 1.29 is 23.9 Å². The molecule has 0 radical (unpaired) electrons. The molecule has 3 aliphatic heterocycles. The van der Waals surface area contributed by atoms with Crippen molar-refractivity contribution in [2.45, 2.75) is 38.3 Å². The first kappa shape index (κ1) is 24.4. The molecule has 2 aromatic carbocycles. The Bertz CT molecular complexity index is 1350. The molecular formula is C28H28N4O5. The molecule has 2 aromatic rings. The van der Waals surface area contributed by atoms with Crippen LogP contribution >= 0.6 is 0 Å². The first-order valence-corrected chi connectivity index (χ1v) is 12.4. The van der Waals surface area contributed by atoms with Gasteiger partial charge in [0.2, 0.25) is 11.8 Å². The summed E-state index contributed by atoms with van der Waals surface area (Å²) in [6, 6.07) is 9.85. The van der Waals surface area contributed by atoms with Crippen molar-refractivity contribution in [1.82, 2.24) is 15.1 Å². The molecule has 2 saturated heterocycles. The van der Waals surface area contributed by atoms with Gasteiger partial charge in [0.05, 0.1) is 12.8 Å². The molecule has 3 heterocycles. The molecule has 1 unspecified atom stereocenters. The van der Waals surface area contributed by atoms with Gasteiger partial charge in [-0.15, -0.1) is 0 Å². The van der Waals surface area contributed by atoms with E-state index in [1.807, 2.05) is 11.0 Å². The van der Waals surface area contributed by atoms with E-state index in [-0.39, 0.29) is 30.1 Å². The first-order valence-electron chi connectivity index (χ1n) is 12.4. The predicted molar refractivity (Wildman–Crippen MR) is 135 cm³/mol. The minimum absolute atomic E-state index is 0.0577. The number of likely N-dealkylation sites (tertiary alicyclic amines) is 1. The highest BCUT2D eigenvalue weighted by Crippen LogP contribution is 2.30. The number of fused-ring (bicyclic) bond motifs is 1. The molecule has 3 aliphatic rings. The third-order valence-electron chi connectivity index (χ3n) is 7.26. The minimum Gasteiger partial charge on any atom is -0.495 e. The second kappa shape index (κ2) is 9.97. The van der Waals surface area contributed by atoms with E-state index in [4.69, 9.17) is 10.5 Å². The van der Waals surface area contributed by atoms with E-state index in [1.54, 1.807) is 30.3 Å². The van der Waals surface area contributed by atoms with E-state index in [9.17, 15) is 19.2 Å². The van der Waals surface area contributed by atoms with Crippen LogP contribution in [0.2, 0.25) is 0 Å². The third kappa shape index (κ3) is 4.75. The quantitative estimate of drug-likeness (QED) is 0.377. The van der Waals surface area contributed by atoms with Gasteiger partial charge in [0.25, 0.3) is 11.8 Å². The van der Waals surface area contributed by atoms with Crippen molar-refractivity contribution >= 4 is 29.3 Å². The lowest BCUT2D eigenvalue weighted by Crippen LogP contribution is -2.52. The number of anilines is 1. The van der Waals surface area contributed by atoms with Gasteiger partial charge in [0, 0.05) is 48.7 Å². The van der Waals surface area contributed by atoms with E-state index in [2.05, 4.69) is 17.2 Å². The number of nitrogens with two attached hydrogens (primary N) is 1. The number of hydrogen-bond acceptors (Lipinski definition) is 6. The summed E-state index contributed by atoms with van der Waals surface area (Å²) in [6.07, 6.45) is 2.05. The SMILES string of the molecule is COc1cc(C(=O)N2CCC(C#Cc3cccc4c3CN(C3CCC(=O)NC3=O)C4=O)CC2)ccc1N. The van der Waals surface area contributed by atoms with E-state index in [1.165, 1.54) is 12.0 Å². The van der Waals surface area contributed by atoms with Crippen LogP contribution in [0.4, 0.5) is 5.69 Å². The molecule has 0 saturated carbocycles. The Kier molecular flexibility index (Phi) is 6.57. The number of piperidine rings is 2. The fraction of sp³-hybridized carbons (Fsp3) is 0.357. The summed E-state index contributed by atoms with van der Waals surface area (Å²) in [4.78, 5) is 53.1. The number of nitrogen functional groups attached to an aromatic ring is 1. The molecule has 1 atom stereocenters. The zero-order valence-electron chi connectivity index (χ0n) is 20.6. The van der Waals surface area contributed by atoms with Crippen LogP contribution in [0.25, 0.3) is 0 Å². The van der Waals surface area contributed by atoms with Crippen LogP contribution in [0, 0.1) is 17.8 Å². The molecule has 3 N–H and O–H groups in total. The van der Waals surface area contributed by atoms with Gasteiger partial charge in [-0.2, -0.15) is 0 Å². The number of carbonyl (C=O) groups excluding carboxylic acids is 4. The molecule has 190 valence electrons. The van der Waals surface area contributed by atoms with Crippen LogP contribution < -0.4 is 15.8 Å². The summed E-state index contributed by atoms with van der Waals surface area (Å²) in [7, 11) is 1.52. The molecule has 2 fully saturated rings. The van der Waals surface area contributed by atoms with Gasteiger partial charge >= 0.3 is 0 Å². The lowest BCUT2D eigenvalue weighted by Gasteiger charge is -2.30. The van der Waals surface area contributed by atoms with Gasteiger partial charge in [-0.3, -0.25) is 24.5 Å². The number of nitrogens with one attached hydrogen (secondary N) is 1. The second-order valence-corrected chi connectivity index (χ2v) is 9.52. The topological polar surface area (TPSA) is 122 Å². The predicted octanol–water partition coefficient (Wildman–Crippen LogP) is 1.94. The summed E-state index contributed by atoms with van der Waals surface area (Å²) >= 11 is 0. The molecule has 0 spiro atoms. The van der Waals surface area contributed by atoms with Gasteiger partial charge in [-0.1, -0.05) is 17.9 Å². The van der Waals surface area contributed by atoms with E-state index in [0.29, 0.717) is 48.6 Å². The standard InChI is InChI=1S/C28H28N4O5/c1-37-24-15-19(7-8-22(24)29)27(35)31-13-11-17(12-14-31)5-6-18-3-2-4-20-21(18)16-32(28(20)36)23-9-10-25(33)30-26(23)34/h2-4,7-8,15,17,23H,9-14,16,29H2,1H3,(H,30,33,34). The molecule has 5 rings (SSSR count). The maximum atomic E-state index is 13.0. The highest BCUT2D eigenvalue weighted by molar-refractivity contribution is 6.05. The molecule has 9 nitrogen and oxygen atoms in total. The van der Waals surface area contributed by atoms with Crippen molar-refractivity contribution in [3.63, 3.8) is 0 Å². The number of hydrogen-bond donors (Lipinski definition) is 2. The van der Waals surface area contributed by atoms with Crippen LogP contribution in [-0.2, 0) is 16.1 Å². The van der Waals surface area contributed by atoms with E-state index < -0.39 is 11.9 Å². The Morgan fingerprint density at radius 1 is 1.11 bits per heavy atom. The Morgan fingerprint density at radius 3 is 2.62 bits per heavy atom. The van der Waals surface area contributed by atoms with Gasteiger partial charge in [-0.05, 0) is 55.2 Å². The number of nitrogens with zero attached hydrogens (tertiary/aromatic N) is 2. The molecule has 0 aromatic heterocycles. The highest BCUT2D eigenvalue weighted by Gasteiger charge is 2.39. The summed E-state index contributed by atoms with van der Waals surface area (Å²) < 4.78 is 5.23. The summed E-state index contributed by atoms with van der Waals surface area (Å²) in [5.41, 5.74) is 9.03. The average molecular weight is 501 g/mol. The van der Waals surface area contributed by atoms with Crippen LogP contribution in [0.3, 0.4) is 0 Å². The monoisotopic (exact) mass is 500 g/mol. The van der Waals surface area contributed by atoms with Gasteiger partial charge in [0.1, 0.15) is 11.8 Å². The zero-order valence-corrected chi connectivity index (χ0v) is 20.6. The number of methoxy groups -OCH3 is 1. The summed E-state index contributed by atoms with van der Waals surface area (Å²) in [5.74, 6) is 6.21. The van der Waals surface area contributed by atoms with Gasteiger partial charge < -0.3 is 20.3 Å². The second-order valence-electron chi connectivity index (χ2n) is 9.52. The van der Waals surface area contributed by atoms with Gasteiger partial charge in [0.15, 0.2) is 0 Å². The zero-order chi connectivity index (χ0) is 26.1. The number of benzene rings is 2. The number of imide groups is 1. The Morgan fingerprint density at radius 2 is 1.89 bits per heavy atom. The lowest BCUT2D eigenvalue weighted by atomic mass is 9.95. The van der Waals surface area contributed by atoms with Crippen LogP contribution in [0.5, 0.6) is 5.75 Å². The molecule has 37 heavy (non-hydrogen) atoms. The van der Waals surface area contributed by atoms with E-state index >= 15 is 0 Å². The van der Waals surface area contributed by atoms with Crippen molar-refractivity contribution in [2.75, 3.05) is 25.9 Å². The lowest BCUT2D eigenvalue weighted by molar-refractivity contribution is -0.136. The first-order chi connectivity index (χ1) is 17.9. The summed E-state index contributed by atoms with van der Waals surface area (Å²) in [6.45, 7) is 1.49. The molecule has 0 aliphatic carbocycles. The molecule has 4 amide bonds. The minimum atomic E-state index is -0.652. The molecule has 0 bridgehead atoms. The number of ether oxygens (including phenoxy) is 1. The van der Waals surface area contributed by atoms with Crippen molar-refractivity contribution in [2.24, 2.45) is 5.92 Å². The van der Waals surface area contributed by atoms with E-state index in [0.717, 1.165) is 24.0 Å². The van der Waals surface area contributed by atoms with Gasteiger partial charge in [-0.25, -0.2) is 0 Å². The Balaban J connectivity index is 1.24. The smallest absolute Gasteiger partial charge is 0.255 e. The number of amides is 4. The molecule has 9 heteroatoms. The fourth-order valence-electron chi connectivity index (χ4n) is 5.14. The van der Waals surface area contributed by atoms with Crippen LogP contribution in [0.1, 0.15) is 57.5 Å². The molecular weight excluding hydrogens is 472 g/mol. The fourth-order valence-corrected chi connectivity index (χ4v) is 5.14.